The average molecular weight is 325 g/mol. The molecule has 6 heteroatoms. The van der Waals surface area contributed by atoms with Gasteiger partial charge in [0.1, 0.15) is 0 Å². The second-order valence-electron chi connectivity index (χ2n) is 4.86. The van der Waals surface area contributed by atoms with Crippen molar-refractivity contribution in [2.75, 3.05) is 11.1 Å². The van der Waals surface area contributed by atoms with E-state index in [1.807, 2.05) is 18.2 Å². The number of amides is 1. The van der Waals surface area contributed by atoms with Gasteiger partial charge in [0.2, 0.25) is 5.91 Å². The normalized spacial score (nSPS) is 10.5. The summed E-state index contributed by atoms with van der Waals surface area (Å²) in [7, 11) is 0. The second-order valence-corrected chi connectivity index (χ2v) is 5.22. The average Bonchev–Trinajstić information content (AvgIpc) is 2.57. The highest BCUT2D eigenvalue weighted by molar-refractivity contribution is 6.31. The third-order valence-corrected chi connectivity index (χ3v) is 3.66. The van der Waals surface area contributed by atoms with Gasteiger partial charge in [-0.25, -0.2) is 4.98 Å². The minimum absolute atomic E-state index is 0.258. The Hall–Kier alpha value is -2.92. The lowest BCUT2D eigenvalue weighted by atomic mass is 10.1. The molecule has 114 valence electrons. The number of nitrogens with two attached hydrogens (primary N) is 1. The lowest BCUT2D eigenvalue weighted by Gasteiger charge is -2.09. The molecule has 0 radical (unpaired) electrons. The highest BCUT2D eigenvalue weighted by Crippen LogP contribution is 2.29. The SMILES string of the molecule is C=CC(=O)Nc1ccnc2ccc(-c3ccc(N)c(Cl)n3)cc12. The fourth-order valence-corrected chi connectivity index (χ4v) is 2.36. The van der Waals surface area contributed by atoms with E-state index in [4.69, 9.17) is 17.3 Å². The molecule has 0 saturated heterocycles. The molecule has 0 fully saturated rings. The van der Waals surface area contributed by atoms with Crippen molar-refractivity contribution in [1.29, 1.82) is 0 Å². The molecule has 0 aliphatic carbocycles. The van der Waals surface area contributed by atoms with Crippen LogP contribution in [0.5, 0.6) is 0 Å². The number of hydrogen-bond acceptors (Lipinski definition) is 4. The van der Waals surface area contributed by atoms with Crippen LogP contribution in [0.2, 0.25) is 5.15 Å². The van der Waals surface area contributed by atoms with Crippen LogP contribution in [0, 0.1) is 0 Å². The zero-order chi connectivity index (χ0) is 16.4. The molecule has 0 saturated carbocycles. The fourth-order valence-electron chi connectivity index (χ4n) is 2.20. The number of fused-ring (bicyclic) bond motifs is 1. The molecule has 0 aliphatic rings. The highest BCUT2D eigenvalue weighted by Gasteiger charge is 2.08. The van der Waals surface area contributed by atoms with Crippen molar-refractivity contribution in [2.24, 2.45) is 0 Å². The minimum Gasteiger partial charge on any atom is -0.396 e. The van der Waals surface area contributed by atoms with Gasteiger partial charge in [0.15, 0.2) is 5.15 Å². The number of nitrogens with zero attached hydrogens (tertiary/aromatic N) is 2. The van der Waals surface area contributed by atoms with Crippen molar-refractivity contribution in [3.05, 3.63) is 60.4 Å². The zero-order valence-electron chi connectivity index (χ0n) is 12.1. The highest BCUT2D eigenvalue weighted by atomic mass is 35.5. The van der Waals surface area contributed by atoms with Gasteiger partial charge in [0.25, 0.3) is 0 Å². The molecule has 0 bridgehead atoms. The first-order valence-corrected chi connectivity index (χ1v) is 7.21. The van der Waals surface area contributed by atoms with Crippen LogP contribution in [0.1, 0.15) is 0 Å². The van der Waals surface area contributed by atoms with Crippen molar-refractivity contribution in [3.63, 3.8) is 0 Å². The minimum atomic E-state index is -0.281. The van der Waals surface area contributed by atoms with Gasteiger partial charge in [-0.05, 0) is 36.4 Å². The number of halogens is 1. The maximum Gasteiger partial charge on any atom is 0.247 e. The van der Waals surface area contributed by atoms with Crippen LogP contribution in [-0.4, -0.2) is 15.9 Å². The van der Waals surface area contributed by atoms with E-state index in [2.05, 4.69) is 21.9 Å². The lowest BCUT2D eigenvalue weighted by molar-refractivity contribution is -0.111. The predicted octanol–water partition coefficient (Wildman–Crippen LogP) is 3.66. The summed E-state index contributed by atoms with van der Waals surface area (Å²) >= 11 is 5.98. The number of nitrogens with one attached hydrogen (secondary N) is 1. The molecule has 3 aromatic rings. The first kappa shape index (κ1) is 15.0. The molecule has 2 aromatic heterocycles. The van der Waals surface area contributed by atoms with Crippen molar-refractivity contribution in [3.8, 4) is 11.3 Å². The van der Waals surface area contributed by atoms with Crippen LogP contribution >= 0.6 is 11.6 Å². The van der Waals surface area contributed by atoms with Gasteiger partial charge in [-0.2, -0.15) is 0 Å². The maximum atomic E-state index is 11.6. The van der Waals surface area contributed by atoms with Gasteiger partial charge < -0.3 is 11.1 Å². The Morgan fingerprint density at radius 3 is 2.83 bits per heavy atom. The molecule has 0 spiro atoms. The Morgan fingerprint density at radius 2 is 2.09 bits per heavy atom. The summed E-state index contributed by atoms with van der Waals surface area (Å²) < 4.78 is 0. The first-order chi connectivity index (χ1) is 11.1. The van der Waals surface area contributed by atoms with E-state index >= 15 is 0 Å². The monoisotopic (exact) mass is 324 g/mol. The summed E-state index contributed by atoms with van der Waals surface area (Å²) in [5, 5.41) is 3.83. The number of nitrogen functional groups attached to an aromatic ring is 1. The third kappa shape index (κ3) is 3.00. The van der Waals surface area contributed by atoms with E-state index < -0.39 is 0 Å². The summed E-state index contributed by atoms with van der Waals surface area (Å²) in [4.78, 5) is 20.1. The molecule has 0 atom stereocenters. The van der Waals surface area contributed by atoms with E-state index in [-0.39, 0.29) is 11.1 Å². The Balaban J connectivity index is 2.13. The van der Waals surface area contributed by atoms with Gasteiger partial charge in [0, 0.05) is 17.1 Å². The van der Waals surface area contributed by atoms with Crippen LogP contribution < -0.4 is 11.1 Å². The Labute approximate surface area is 137 Å². The Morgan fingerprint density at radius 1 is 1.26 bits per heavy atom. The molecular weight excluding hydrogens is 312 g/mol. The Bertz CT molecular complexity index is 924. The number of pyridine rings is 2. The van der Waals surface area contributed by atoms with E-state index in [0.29, 0.717) is 17.1 Å². The second kappa shape index (κ2) is 6.06. The topological polar surface area (TPSA) is 80.9 Å². The van der Waals surface area contributed by atoms with Crippen molar-refractivity contribution < 1.29 is 4.79 Å². The molecule has 0 aliphatic heterocycles. The van der Waals surface area contributed by atoms with Crippen LogP contribution in [0.25, 0.3) is 22.2 Å². The van der Waals surface area contributed by atoms with Crippen LogP contribution in [0.3, 0.4) is 0 Å². The molecule has 2 heterocycles. The van der Waals surface area contributed by atoms with Gasteiger partial charge in [-0.1, -0.05) is 24.2 Å². The van der Waals surface area contributed by atoms with Gasteiger partial charge in [-0.3, -0.25) is 9.78 Å². The first-order valence-electron chi connectivity index (χ1n) is 6.83. The summed E-state index contributed by atoms with van der Waals surface area (Å²) in [6.07, 6.45) is 2.86. The molecule has 23 heavy (non-hydrogen) atoms. The smallest absolute Gasteiger partial charge is 0.247 e. The van der Waals surface area contributed by atoms with Crippen LogP contribution in [0.4, 0.5) is 11.4 Å². The summed E-state index contributed by atoms with van der Waals surface area (Å²) in [5.41, 5.74) is 9.07. The van der Waals surface area contributed by atoms with Gasteiger partial charge >= 0.3 is 0 Å². The number of hydrogen-bond donors (Lipinski definition) is 2. The molecule has 3 N–H and O–H groups in total. The number of rotatable bonds is 3. The summed E-state index contributed by atoms with van der Waals surface area (Å²) in [6.45, 7) is 3.46. The lowest BCUT2D eigenvalue weighted by Crippen LogP contribution is -2.07. The predicted molar refractivity (Wildman–Crippen MR) is 93.2 cm³/mol. The maximum absolute atomic E-state index is 11.6. The number of carbonyl (C=O) groups excluding carboxylic acids is 1. The molecular formula is C17H13ClN4O. The largest absolute Gasteiger partial charge is 0.396 e. The molecule has 0 unspecified atom stereocenters. The molecule has 1 amide bonds. The summed E-state index contributed by atoms with van der Waals surface area (Å²) in [6, 6.07) is 10.9. The van der Waals surface area contributed by atoms with Crippen molar-refractivity contribution >= 4 is 39.8 Å². The van der Waals surface area contributed by atoms with Crippen LogP contribution in [0.15, 0.2) is 55.3 Å². The molecule has 5 nitrogen and oxygen atoms in total. The number of aromatic nitrogens is 2. The van der Waals surface area contributed by atoms with E-state index in [1.165, 1.54) is 6.08 Å². The fraction of sp³-hybridized carbons (Fsp3) is 0. The van der Waals surface area contributed by atoms with Crippen LogP contribution in [-0.2, 0) is 4.79 Å². The van der Waals surface area contributed by atoms with Gasteiger partial charge in [-0.15, -0.1) is 0 Å². The Kier molecular flexibility index (Phi) is 3.95. The number of anilines is 2. The number of benzene rings is 1. The number of carbonyl (C=O) groups is 1. The van der Waals surface area contributed by atoms with Crippen molar-refractivity contribution in [1.82, 2.24) is 9.97 Å². The van der Waals surface area contributed by atoms with Crippen molar-refractivity contribution in [2.45, 2.75) is 0 Å². The quantitative estimate of drug-likeness (QED) is 0.569. The van der Waals surface area contributed by atoms with Gasteiger partial charge in [0.05, 0.1) is 22.6 Å². The molecule has 1 aromatic carbocycles. The van der Waals surface area contributed by atoms with E-state index in [9.17, 15) is 4.79 Å². The summed E-state index contributed by atoms with van der Waals surface area (Å²) in [5.74, 6) is -0.281. The third-order valence-electron chi connectivity index (χ3n) is 3.36. The molecule has 3 rings (SSSR count). The van der Waals surface area contributed by atoms with E-state index in [0.717, 1.165) is 16.5 Å². The zero-order valence-corrected chi connectivity index (χ0v) is 12.8. The van der Waals surface area contributed by atoms with E-state index in [1.54, 1.807) is 24.4 Å². The standard InChI is InChI=1S/C17H13ClN4O/c1-2-16(23)21-15-7-8-20-14-5-3-10(9-11(14)15)13-6-4-12(19)17(18)22-13/h2-9H,1,19H2,(H,20,21,23).